The Balaban J connectivity index is 1.26. The van der Waals surface area contributed by atoms with Gasteiger partial charge in [0.1, 0.15) is 146 Å². The lowest BCUT2D eigenvalue weighted by Gasteiger charge is -2.53. The average molecular weight is 2130 g/mol. The predicted octanol–water partition coefficient (Wildman–Crippen LogP) is -5.83. The van der Waals surface area contributed by atoms with Crippen LogP contribution in [0.15, 0.2) is 24.3 Å². The van der Waals surface area contributed by atoms with Crippen molar-refractivity contribution in [2.24, 2.45) is 5.92 Å². The molecule has 40 atom stereocenters. The summed E-state index contributed by atoms with van der Waals surface area (Å²) >= 11 is 0. The Bertz CT molecular complexity index is 3970. The number of nitrogens with one attached hydrogen (secondary N) is 4. The summed E-state index contributed by atoms with van der Waals surface area (Å²) in [5, 5.41) is 296. The third-order valence-corrected chi connectivity index (χ3v) is 27.5. The molecule has 850 valence electrons. The third kappa shape index (κ3) is 36.0. The molecule has 7 heterocycles. The molecule has 7 saturated heterocycles. The number of carboxylic acids is 3. The van der Waals surface area contributed by atoms with Crippen LogP contribution in [0.3, 0.4) is 0 Å². The monoisotopic (exact) mass is 2130 g/mol. The SMILES string of the molecule is CCCCCCC=CCCCCCCCCCC(=O)NC(COC1OC(CO)C(OC2OC(CO)C(OC3OC(CO)C(O)C(OC4OC(CO)C(O)C(OC5(C(=O)O)CC(O)C(NC(C)=O)C(C(O)C(O)CO)O5)C4O)C3CC(C)=O)C(OC3(C(=O)O)CC(O)C(NC(C)=O)C(C(O)C(CO)OC4(C(=O)O)CC(O)C(NC(C)=O)C(C(O)C(O)CO)O4)O3)C2O)C(O)C1O)C(O)C=CCCCCCCCCCCCCC. The first-order valence-electron chi connectivity index (χ1n) is 51.2. The molecule has 7 rings (SSSR count). The largest absolute Gasteiger partial charge is 0.477 e. The van der Waals surface area contributed by atoms with Gasteiger partial charge in [-0.05, 0) is 51.9 Å². The molecule has 7 aliphatic rings. The lowest BCUT2D eigenvalue weighted by molar-refractivity contribution is -0.409. The van der Waals surface area contributed by atoms with Gasteiger partial charge in [-0.25, -0.2) is 14.4 Å². The topological polar surface area (TPSA) is 820 Å². The van der Waals surface area contributed by atoms with E-state index in [1.54, 1.807) is 6.08 Å². The number of aliphatic hydroxyl groups excluding tert-OH is 22. The molecule has 147 heavy (non-hydrogen) atoms. The number of rotatable bonds is 66. The van der Waals surface area contributed by atoms with Gasteiger partial charge in [-0.15, -0.1) is 0 Å². The van der Waals surface area contributed by atoms with Gasteiger partial charge in [0.15, 0.2) is 25.2 Å². The number of Topliss-reactive ketones (excluding diaryl/α,β-unsaturated/α-hetero) is 1. The van der Waals surface area contributed by atoms with E-state index in [1.807, 2.05) is 0 Å². The second-order valence-electron chi connectivity index (χ2n) is 39.2. The predicted molar refractivity (Wildman–Crippen MR) is 502 cm³/mol. The van der Waals surface area contributed by atoms with Crippen LogP contribution >= 0.6 is 0 Å². The number of hydrogen-bond donors (Lipinski definition) is 29. The number of carbonyl (C=O) groups is 8. The molecule has 0 aliphatic carbocycles. The fourth-order valence-corrected chi connectivity index (χ4v) is 19.4. The number of aliphatic carboxylic acids is 3. The summed E-state index contributed by atoms with van der Waals surface area (Å²) in [6, 6.07) is -7.09. The van der Waals surface area contributed by atoms with Crippen molar-refractivity contribution in [1.29, 1.82) is 0 Å². The van der Waals surface area contributed by atoms with E-state index in [1.165, 1.54) is 57.4 Å². The van der Waals surface area contributed by atoms with Crippen LogP contribution in [-0.2, 0) is 105 Å². The van der Waals surface area contributed by atoms with Crippen LogP contribution in [0.1, 0.15) is 234 Å². The number of ketones is 1. The number of carbonyl (C=O) groups excluding carboxylic acids is 5. The van der Waals surface area contributed by atoms with Crippen molar-refractivity contribution in [2.45, 2.75) is 472 Å². The van der Waals surface area contributed by atoms with Crippen molar-refractivity contribution in [3.8, 4) is 0 Å². The smallest absolute Gasteiger partial charge is 0.364 e. The van der Waals surface area contributed by atoms with Crippen molar-refractivity contribution in [2.75, 3.05) is 52.9 Å². The second kappa shape index (κ2) is 63.1. The van der Waals surface area contributed by atoms with Crippen LogP contribution in [0.25, 0.3) is 0 Å². The summed E-state index contributed by atoms with van der Waals surface area (Å²) in [5.41, 5.74) is 0. The molecule has 4 amide bonds. The maximum Gasteiger partial charge on any atom is 0.364 e. The van der Waals surface area contributed by atoms with Crippen LogP contribution in [0, 0.1) is 5.92 Å². The second-order valence-corrected chi connectivity index (χ2v) is 39.2. The first kappa shape index (κ1) is 128. The van der Waals surface area contributed by atoms with Crippen LogP contribution in [0.2, 0.25) is 0 Å². The van der Waals surface area contributed by atoms with E-state index >= 15 is 0 Å². The van der Waals surface area contributed by atoms with Gasteiger partial charge in [0.05, 0.1) is 108 Å². The number of carboxylic acid groups (broad SMARTS) is 3. The zero-order valence-corrected chi connectivity index (χ0v) is 84.2. The zero-order chi connectivity index (χ0) is 109. The van der Waals surface area contributed by atoms with E-state index < -0.39 is 369 Å². The molecule has 7 aliphatic heterocycles. The van der Waals surface area contributed by atoms with Crippen LogP contribution in [0.4, 0.5) is 0 Å². The van der Waals surface area contributed by atoms with Crippen molar-refractivity contribution in [1.82, 2.24) is 21.3 Å². The summed E-state index contributed by atoms with van der Waals surface area (Å²) < 4.78 is 84.9. The minimum atomic E-state index is -3.80. The number of amides is 4. The quantitative estimate of drug-likeness (QED) is 0.0199. The number of unbranched alkanes of at least 4 members (excludes halogenated alkanes) is 22. The highest BCUT2D eigenvalue weighted by Crippen LogP contribution is 2.46. The van der Waals surface area contributed by atoms with Gasteiger partial charge in [-0.3, -0.25) is 19.2 Å². The molecule has 51 nitrogen and oxygen atoms in total. The standard InChI is InChI=1S/C96H164N4O47/c1-7-9-11-13-15-17-19-21-22-24-26-28-30-32-34-36-66(118)100-54(55(112)35-33-31-29-27-25-23-20-18-16-14-12-10-8-2)48-134-88-76(125)75(124)80(64(46-106)137-88)140-90-78(127)86(147-96(93(132)133)40-58(115)69(99-52(6)111)84(145-96)74(123)63(45-105)142-94(91(128)129)38-56(113)67(97-50(4)109)82(143-94)70(119)59(116)41-101)81(65(47-107)138-90)141-87-53(37-49(3)108)79(72(121)61(43-103)135-87)139-89-77(126)85(73(122)62(44-104)136-89)146-95(92(130)131)39-57(114)68(98-51(5)110)83(144-95)71(120)60(117)42-102/h17,19,33,35,53-65,67-90,101-107,112-117,119-127H,7-16,18,20-32,34,36-48H2,1-6H3,(H,97,109)(H,98,110)(H,99,111)(H,100,118)(H,128,129)(H,130,131)(H,132,133). The lowest BCUT2D eigenvalue weighted by atomic mass is 9.86. The average Bonchev–Trinajstić information content (AvgIpc) is 0.736. The summed E-state index contributed by atoms with van der Waals surface area (Å²) in [7, 11) is 0. The van der Waals surface area contributed by atoms with Crippen LogP contribution in [-0.4, -0.2) is 465 Å². The minimum Gasteiger partial charge on any atom is -0.477 e. The number of hydrogen-bond acceptors (Lipinski definition) is 44. The van der Waals surface area contributed by atoms with E-state index in [-0.39, 0.29) is 6.42 Å². The molecule has 0 bridgehead atoms. The van der Waals surface area contributed by atoms with Gasteiger partial charge < -0.3 is 220 Å². The number of aliphatic hydroxyl groups is 22. The van der Waals surface area contributed by atoms with Crippen molar-refractivity contribution in [3.63, 3.8) is 0 Å². The number of ether oxygens (including phenoxy) is 14. The fraction of sp³-hybridized carbons (Fsp3) is 0.875. The Morgan fingerprint density at radius 1 is 0.388 bits per heavy atom. The summed E-state index contributed by atoms with van der Waals surface area (Å²) in [6.07, 6.45) is -47.2. The molecular formula is C96H164N4O47. The van der Waals surface area contributed by atoms with Gasteiger partial charge in [-0.1, -0.05) is 154 Å². The summed E-state index contributed by atoms with van der Waals surface area (Å²) in [5.74, 6) is -23.9. The van der Waals surface area contributed by atoms with Crippen LogP contribution < -0.4 is 21.3 Å². The van der Waals surface area contributed by atoms with E-state index in [9.17, 15) is 166 Å². The highest BCUT2D eigenvalue weighted by Gasteiger charge is 2.66. The van der Waals surface area contributed by atoms with Crippen molar-refractivity contribution >= 4 is 47.3 Å². The van der Waals surface area contributed by atoms with E-state index in [0.717, 1.165) is 124 Å². The minimum absolute atomic E-state index is 0.0398. The fourth-order valence-electron chi connectivity index (χ4n) is 19.4. The maximum absolute atomic E-state index is 14.6. The Kier molecular flexibility index (Phi) is 54.9. The van der Waals surface area contributed by atoms with Gasteiger partial charge in [0.25, 0.3) is 17.4 Å². The highest BCUT2D eigenvalue weighted by molar-refractivity contribution is 5.79. The third-order valence-electron chi connectivity index (χ3n) is 27.5. The first-order chi connectivity index (χ1) is 69.9. The van der Waals surface area contributed by atoms with E-state index in [2.05, 4.69) is 47.3 Å². The van der Waals surface area contributed by atoms with Crippen LogP contribution in [0.5, 0.6) is 0 Å². The molecule has 0 spiro atoms. The van der Waals surface area contributed by atoms with Gasteiger partial charge in [0.2, 0.25) is 23.6 Å². The molecule has 0 aromatic rings. The first-order valence-corrected chi connectivity index (χ1v) is 51.2. The van der Waals surface area contributed by atoms with Crippen molar-refractivity contribution in [3.05, 3.63) is 24.3 Å². The Hall–Kier alpha value is -6.00. The molecule has 29 N–H and O–H groups in total. The lowest BCUT2D eigenvalue weighted by Crippen LogP contribution is -2.72. The molecule has 51 heteroatoms. The van der Waals surface area contributed by atoms with E-state index in [4.69, 9.17) is 66.3 Å². The molecular weight excluding hydrogens is 1960 g/mol. The van der Waals surface area contributed by atoms with Gasteiger partial charge in [0, 0.05) is 58.8 Å². The Morgan fingerprint density at radius 3 is 1.19 bits per heavy atom. The van der Waals surface area contributed by atoms with Gasteiger partial charge in [-0.2, -0.15) is 0 Å². The molecule has 0 radical (unpaired) electrons. The highest BCUT2D eigenvalue weighted by atomic mass is 16.8. The van der Waals surface area contributed by atoms with Gasteiger partial charge >= 0.3 is 17.9 Å². The summed E-state index contributed by atoms with van der Waals surface area (Å²) in [6.45, 7) is -2.11. The van der Waals surface area contributed by atoms with Crippen molar-refractivity contribution < 1.29 is 232 Å². The summed E-state index contributed by atoms with van der Waals surface area (Å²) in [4.78, 5) is 108. The van der Waals surface area contributed by atoms with E-state index in [0.29, 0.717) is 12.8 Å². The molecule has 7 fully saturated rings. The molecule has 0 saturated carbocycles. The maximum atomic E-state index is 14.6. The molecule has 0 aromatic carbocycles. The molecule has 40 unspecified atom stereocenters. The Labute approximate surface area is 852 Å². The number of allylic oxidation sites excluding steroid dienone is 3. The molecule has 0 aromatic heterocycles. The Morgan fingerprint density at radius 2 is 0.755 bits per heavy atom. The normalized spacial score (nSPS) is 35.6. The zero-order valence-electron chi connectivity index (χ0n) is 84.2.